The number of hydrogen-bond donors (Lipinski definition) is 0. The molecule has 1 atom stereocenters. The summed E-state index contributed by atoms with van der Waals surface area (Å²) in [5, 5.41) is 0. The van der Waals surface area contributed by atoms with Crippen LogP contribution in [0.4, 0.5) is 0 Å². The van der Waals surface area contributed by atoms with E-state index in [0.29, 0.717) is 0 Å². The van der Waals surface area contributed by atoms with Gasteiger partial charge in [-0.15, -0.1) is 0 Å². The molecule has 74 valence electrons. The maximum absolute atomic E-state index is 2.55. The molecule has 0 aromatic heterocycles. The second-order valence-electron chi connectivity index (χ2n) is 3.05. The summed E-state index contributed by atoms with van der Waals surface area (Å²) in [6, 6.07) is 0. The van der Waals surface area contributed by atoms with Crippen LogP contribution in [-0.4, -0.2) is 32.9 Å². The van der Waals surface area contributed by atoms with Gasteiger partial charge in [0.05, 0.1) is 0 Å². The maximum Gasteiger partial charge on any atom is 0.00934 e. The maximum atomic E-state index is 2.55. The van der Waals surface area contributed by atoms with E-state index >= 15 is 0 Å². The molecule has 3 heteroatoms. The van der Waals surface area contributed by atoms with Gasteiger partial charge in [-0.25, -0.2) is 0 Å². The highest BCUT2D eigenvalue weighted by molar-refractivity contribution is 14.1. The largest absolute Gasteiger partial charge is 0.304 e. The first-order valence-corrected chi connectivity index (χ1v) is 7.40. The minimum Gasteiger partial charge on any atom is -0.304 e. The van der Waals surface area contributed by atoms with Crippen LogP contribution in [0.15, 0.2) is 0 Å². The molecule has 0 heterocycles. The zero-order valence-corrected chi connectivity index (χ0v) is 12.3. The Morgan fingerprint density at radius 2 is 2.00 bits per heavy atom. The van der Waals surface area contributed by atoms with Gasteiger partial charge in [-0.3, -0.25) is 0 Å². The van der Waals surface area contributed by atoms with E-state index in [4.69, 9.17) is 0 Å². The third kappa shape index (κ3) is 8.04. The van der Waals surface area contributed by atoms with Crippen LogP contribution >= 0.6 is 45.2 Å². The highest BCUT2D eigenvalue weighted by Crippen LogP contribution is 2.06. The molecule has 0 radical (unpaired) electrons. The SMILES string of the molecule is CCN(CCCI)CC[C@H](C)I. The molecule has 0 bridgehead atoms. The summed E-state index contributed by atoms with van der Waals surface area (Å²) < 4.78 is 2.10. The van der Waals surface area contributed by atoms with Gasteiger partial charge in [-0.2, -0.15) is 0 Å². The Hall–Kier alpha value is 1.42. The molecule has 0 aromatic rings. The molecule has 0 fully saturated rings. The first-order valence-electron chi connectivity index (χ1n) is 4.63. The molecule has 1 nitrogen and oxygen atoms in total. The molecule has 12 heavy (non-hydrogen) atoms. The number of nitrogens with zero attached hydrogens (tertiary/aromatic N) is 1. The van der Waals surface area contributed by atoms with E-state index in [2.05, 4.69) is 63.9 Å². The molecule has 0 saturated heterocycles. The number of alkyl halides is 2. The molecule has 0 amide bonds. The fourth-order valence-electron chi connectivity index (χ4n) is 1.07. The first-order chi connectivity index (χ1) is 5.70. The number of rotatable bonds is 7. The van der Waals surface area contributed by atoms with E-state index in [0.717, 1.165) is 3.92 Å². The van der Waals surface area contributed by atoms with Gasteiger partial charge in [0.2, 0.25) is 0 Å². The van der Waals surface area contributed by atoms with E-state index < -0.39 is 0 Å². The summed E-state index contributed by atoms with van der Waals surface area (Å²) >= 11 is 4.95. The van der Waals surface area contributed by atoms with E-state index in [1.807, 2.05) is 0 Å². The Balaban J connectivity index is 3.39. The zero-order valence-electron chi connectivity index (χ0n) is 8.02. The van der Waals surface area contributed by atoms with Crippen molar-refractivity contribution in [3.63, 3.8) is 0 Å². The van der Waals surface area contributed by atoms with Gasteiger partial charge >= 0.3 is 0 Å². The predicted molar refractivity (Wildman–Crippen MR) is 73.7 cm³/mol. The number of hydrogen-bond acceptors (Lipinski definition) is 1. The quantitative estimate of drug-likeness (QED) is 0.472. The van der Waals surface area contributed by atoms with Gasteiger partial charge in [0.15, 0.2) is 0 Å². The first kappa shape index (κ1) is 13.4. The lowest BCUT2D eigenvalue weighted by Crippen LogP contribution is -2.27. The van der Waals surface area contributed by atoms with Crippen molar-refractivity contribution in [3.05, 3.63) is 0 Å². The van der Waals surface area contributed by atoms with Crippen LogP contribution in [0.2, 0.25) is 0 Å². The van der Waals surface area contributed by atoms with E-state index in [-0.39, 0.29) is 0 Å². The van der Waals surface area contributed by atoms with Crippen molar-refractivity contribution in [1.82, 2.24) is 4.90 Å². The molecule has 0 aliphatic heterocycles. The molecule has 0 N–H and O–H groups in total. The average Bonchev–Trinajstić information content (AvgIpc) is 2.05. The summed E-state index contributed by atoms with van der Waals surface area (Å²) in [5.41, 5.74) is 0. The molecule has 0 rings (SSSR count). The fourth-order valence-corrected chi connectivity index (χ4v) is 1.69. The fraction of sp³-hybridized carbons (Fsp3) is 1.00. The third-order valence-electron chi connectivity index (χ3n) is 1.90. The molecule has 0 unspecified atom stereocenters. The van der Waals surface area contributed by atoms with Crippen LogP contribution in [0.25, 0.3) is 0 Å². The second kappa shape index (κ2) is 8.99. The van der Waals surface area contributed by atoms with Gasteiger partial charge in [0, 0.05) is 8.35 Å². The standard InChI is InChI=1S/C9H19I2N/c1-3-12(7-4-6-10)8-5-9(2)11/h9H,3-8H2,1-2H3/t9-/m0/s1. The van der Waals surface area contributed by atoms with Gasteiger partial charge in [0.1, 0.15) is 0 Å². The lowest BCUT2D eigenvalue weighted by Gasteiger charge is -2.20. The highest BCUT2D eigenvalue weighted by atomic mass is 127. The molecule has 0 aliphatic carbocycles. The average molecular weight is 395 g/mol. The Morgan fingerprint density at radius 3 is 2.42 bits per heavy atom. The van der Waals surface area contributed by atoms with Gasteiger partial charge < -0.3 is 4.90 Å². The Bertz CT molecular complexity index is 96.5. The van der Waals surface area contributed by atoms with Crippen LogP contribution in [0, 0.1) is 0 Å². The monoisotopic (exact) mass is 395 g/mol. The number of halogens is 2. The molecule has 0 aromatic carbocycles. The van der Waals surface area contributed by atoms with Gasteiger partial charge in [0.25, 0.3) is 0 Å². The Labute approximate surface area is 104 Å². The van der Waals surface area contributed by atoms with Crippen molar-refractivity contribution in [3.8, 4) is 0 Å². The summed E-state index contributed by atoms with van der Waals surface area (Å²) in [6.45, 7) is 8.30. The molecule has 0 aliphatic rings. The molecular formula is C9H19I2N. The van der Waals surface area contributed by atoms with Crippen LogP contribution in [0.3, 0.4) is 0 Å². The van der Waals surface area contributed by atoms with Crippen molar-refractivity contribution in [2.24, 2.45) is 0 Å². The van der Waals surface area contributed by atoms with Crippen molar-refractivity contribution in [2.75, 3.05) is 24.1 Å². The van der Waals surface area contributed by atoms with Crippen LogP contribution in [-0.2, 0) is 0 Å². The smallest absolute Gasteiger partial charge is 0.00934 e. The molecule has 0 spiro atoms. The summed E-state index contributed by atoms with van der Waals surface area (Å²) in [7, 11) is 0. The Kier molecular flexibility index (Phi) is 10.1. The van der Waals surface area contributed by atoms with E-state index in [1.54, 1.807) is 0 Å². The van der Waals surface area contributed by atoms with Crippen LogP contribution < -0.4 is 0 Å². The summed E-state index contributed by atoms with van der Waals surface area (Å²) in [5.74, 6) is 0. The van der Waals surface area contributed by atoms with Gasteiger partial charge in [-0.05, 0) is 32.5 Å². The van der Waals surface area contributed by atoms with Crippen molar-refractivity contribution >= 4 is 45.2 Å². The van der Waals surface area contributed by atoms with Crippen molar-refractivity contribution in [1.29, 1.82) is 0 Å². The lowest BCUT2D eigenvalue weighted by molar-refractivity contribution is 0.288. The minimum absolute atomic E-state index is 0.816. The molecule has 0 saturated carbocycles. The van der Waals surface area contributed by atoms with E-state index in [9.17, 15) is 0 Å². The molecular weight excluding hydrogens is 376 g/mol. The second-order valence-corrected chi connectivity index (χ2v) is 6.25. The zero-order chi connectivity index (χ0) is 9.40. The van der Waals surface area contributed by atoms with Crippen LogP contribution in [0.5, 0.6) is 0 Å². The van der Waals surface area contributed by atoms with Crippen molar-refractivity contribution < 1.29 is 0 Å². The normalized spacial score (nSPS) is 13.8. The summed E-state index contributed by atoms with van der Waals surface area (Å²) in [6.07, 6.45) is 2.67. The van der Waals surface area contributed by atoms with Crippen molar-refractivity contribution in [2.45, 2.75) is 30.6 Å². The minimum atomic E-state index is 0.816. The third-order valence-corrected chi connectivity index (χ3v) is 3.28. The highest BCUT2D eigenvalue weighted by Gasteiger charge is 2.02. The van der Waals surface area contributed by atoms with Gasteiger partial charge in [-0.1, -0.05) is 59.0 Å². The topological polar surface area (TPSA) is 3.24 Å². The predicted octanol–water partition coefficient (Wildman–Crippen LogP) is 3.35. The summed E-state index contributed by atoms with van der Waals surface area (Å²) in [4.78, 5) is 2.55. The van der Waals surface area contributed by atoms with E-state index in [1.165, 1.54) is 36.9 Å². The van der Waals surface area contributed by atoms with Crippen LogP contribution in [0.1, 0.15) is 26.7 Å². The lowest BCUT2D eigenvalue weighted by atomic mass is 10.3. The Morgan fingerprint density at radius 1 is 1.33 bits per heavy atom.